The molecule has 0 spiro atoms. The number of halogens is 1. The molecule has 0 radical (unpaired) electrons. The molecule has 0 amide bonds. The highest BCUT2D eigenvalue weighted by Gasteiger charge is 2.18. The number of hydrogen-bond donors (Lipinski definition) is 2. The maximum absolute atomic E-state index is 10.9. The van der Waals surface area contributed by atoms with E-state index in [-0.39, 0.29) is 0 Å². The molecule has 1 saturated carbocycles. The van der Waals surface area contributed by atoms with Gasteiger partial charge >= 0.3 is 5.97 Å². The van der Waals surface area contributed by atoms with Crippen molar-refractivity contribution in [3.05, 3.63) is 28.2 Å². The zero-order valence-corrected chi connectivity index (χ0v) is 12.7. The molecule has 0 bridgehead atoms. The molecule has 0 aromatic heterocycles. The van der Waals surface area contributed by atoms with Gasteiger partial charge in [0.25, 0.3) is 0 Å². The van der Waals surface area contributed by atoms with E-state index in [2.05, 4.69) is 28.2 Å². The maximum Gasteiger partial charge on any atom is 0.336 e. The summed E-state index contributed by atoms with van der Waals surface area (Å²) in [5.74, 6) is 0.717. The number of benzene rings is 1. The van der Waals surface area contributed by atoms with E-state index < -0.39 is 5.97 Å². The summed E-state index contributed by atoms with van der Waals surface area (Å²) >= 11 is 3.30. The zero-order valence-electron chi connectivity index (χ0n) is 11.2. The van der Waals surface area contributed by atoms with Crippen molar-refractivity contribution in [3.63, 3.8) is 0 Å². The summed E-state index contributed by atoms with van der Waals surface area (Å²) in [5, 5.41) is 12.4. The second kappa shape index (κ2) is 6.42. The summed E-state index contributed by atoms with van der Waals surface area (Å²) in [4.78, 5) is 10.9. The summed E-state index contributed by atoms with van der Waals surface area (Å²) < 4.78 is 0.627. The van der Waals surface area contributed by atoms with Gasteiger partial charge in [0, 0.05) is 16.7 Å². The van der Waals surface area contributed by atoms with Crippen molar-refractivity contribution in [2.75, 3.05) is 11.9 Å². The zero-order chi connectivity index (χ0) is 13.8. The number of carboxylic acid groups (broad SMARTS) is 1. The predicted molar refractivity (Wildman–Crippen MR) is 80.7 cm³/mol. The Kier molecular flexibility index (Phi) is 4.86. The van der Waals surface area contributed by atoms with Gasteiger partial charge in [-0.05, 0) is 58.8 Å². The molecule has 2 rings (SSSR count). The van der Waals surface area contributed by atoms with Gasteiger partial charge in [-0.15, -0.1) is 0 Å². The lowest BCUT2D eigenvalue weighted by Gasteiger charge is -2.26. The number of rotatable bonds is 4. The van der Waals surface area contributed by atoms with E-state index in [1.165, 1.54) is 25.7 Å². The Morgan fingerprint density at radius 3 is 2.63 bits per heavy atom. The van der Waals surface area contributed by atoms with Crippen LogP contribution >= 0.6 is 15.9 Å². The minimum atomic E-state index is -0.903. The number of anilines is 1. The first kappa shape index (κ1) is 14.4. The van der Waals surface area contributed by atoms with Crippen molar-refractivity contribution in [3.8, 4) is 0 Å². The van der Waals surface area contributed by atoms with Gasteiger partial charge < -0.3 is 10.4 Å². The van der Waals surface area contributed by atoms with Crippen LogP contribution in [-0.2, 0) is 0 Å². The molecule has 1 aliphatic rings. The second-order valence-electron chi connectivity index (χ2n) is 5.51. The first-order chi connectivity index (χ1) is 9.06. The van der Waals surface area contributed by atoms with Crippen LogP contribution in [0, 0.1) is 11.8 Å². The Morgan fingerprint density at radius 2 is 2.05 bits per heavy atom. The summed E-state index contributed by atoms with van der Waals surface area (Å²) in [7, 11) is 0. The van der Waals surface area contributed by atoms with Crippen LogP contribution in [0.25, 0.3) is 0 Å². The van der Waals surface area contributed by atoms with Gasteiger partial charge in [-0.25, -0.2) is 4.79 Å². The third kappa shape index (κ3) is 3.96. The molecule has 19 heavy (non-hydrogen) atoms. The van der Waals surface area contributed by atoms with Crippen molar-refractivity contribution >= 4 is 27.6 Å². The summed E-state index contributed by atoms with van der Waals surface area (Å²) in [6.45, 7) is 3.30. The van der Waals surface area contributed by atoms with Crippen molar-refractivity contribution in [1.82, 2.24) is 0 Å². The first-order valence-electron chi connectivity index (χ1n) is 6.83. The number of aromatic carboxylic acids is 1. The normalized spacial score (nSPS) is 23.1. The molecule has 1 fully saturated rings. The minimum absolute atomic E-state index is 0.303. The van der Waals surface area contributed by atoms with Crippen LogP contribution in [0.1, 0.15) is 43.0 Å². The van der Waals surface area contributed by atoms with Crippen LogP contribution < -0.4 is 5.32 Å². The van der Waals surface area contributed by atoms with E-state index in [1.54, 1.807) is 6.07 Å². The molecule has 1 aliphatic carbocycles. The summed E-state index contributed by atoms with van der Waals surface area (Å²) in [6.07, 6.45) is 5.24. The fraction of sp³-hybridized carbons (Fsp3) is 0.533. The Morgan fingerprint density at radius 1 is 1.37 bits per heavy atom. The van der Waals surface area contributed by atoms with Crippen LogP contribution in [-0.4, -0.2) is 17.6 Å². The van der Waals surface area contributed by atoms with Crippen LogP contribution in [0.2, 0.25) is 0 Å². The van der Waals surface area contributed by atoms with Crippen LogP contribution in [0.15, 0.2) is 22.7 Å². The Balaban J connectivity index is 1.89. The fourth-order valence-corrected chi connectivity index (χ4v) is 3.14. The molecule has 4 heteroatoms. The molecule has 2 N–H and O–H groups in total. The molecule has 0 heterocycles. The first-order valence-corrected chi connectivity index (χ1v) is 7.62. The summed E-state index contributed by atoms with van der Waals surface area (Å²) in [6, 6.07) is 5.31. The van der Waals surface area contributed by atoms with E-state index in [1.807, 2.05) is 12.1 Å². The van der Waals surface area contributed by atoms with Crippen molar-refractivity contribution in [2.24, 2.45) is 11.8 Å². The average Bonchev–Trinajstić information content (AvgIpc) is 2.37. The number of nitrogens with one attached hydrogen (secondary N) is 1. The molecule has 1 aromatic rings. The van der Waals surface area contributed by atoms with Gasteiger partial charge in [0.2, 0.25) is 0 Å². The highest BCUT2D eigenvalue weighted by atomic mass is 79.9. The lowest BCUT2D eigenvalue weighted by atomic mass is 9.83. The van der Waals surface area contributed by atoms with Crippen molar-refractivity contribution in [2.45, 2.75) is 32.6 Å². The third-order valence-electron chi connectivity index (χ3n) is 3.93. The second-order valence-corrected chi connectivity index (χ2v) is 6.36. The minimum Gasteiger partial charge on any atom is -0.478 e. The standard InChI is InChI=1S/C15H20BrNO2/c1-10-2-4-11(5-3-10)9-17-12-6-7-13(15(18)19)14(16)8-12/h6-8,10-11,17H,2-5,9H2,1H3,(H,18,19). The summed E-state index contributed by atoms with van der Waals surface area (Å²) in [5.41, 5.74) is 1.28. The fourth-order valence-electron chi connectivity index (χ4n) is 2.59. The maximum atomic E-state index is 10.9. The Labute approximate surface area is 122 Å². The molecular formula is C15H20BrNO2. The monoisotopic (exact) mass is 325 g/mol. The lowest BCUT2D eigenvalue weighted by Crippen LogP contribution is -2.20. The molecule has 0 saturated heterocycles. The van der Waals surface area contributed by atoms with Crippen LogP contribution in [0.4, 0.5) is 5.69 Å². The number of carboxylic acids is 1. The Bertz CT molecular complexity index is 453. The average molecular weight is 326 g/mol. The molecule has 0 unspecified atom stereocenters. The molecule has 0 aliphatic heterocycles. The lowest BCUT2D eigenvalue weighted by molar-refractivity contribution is 0.0696. The molecule has 1 aromatic carbocycles. The highest BCUT2D eigenvalue weighted by molar-refractivity contribution is 9.10. The largest absolute Gasteiger partial charge is 0.478 e. The number of hydrogen-bond acceptors (Lipinski definition) is 2. The molecule has 0 atom stereocenters. The van der Waals surface area contributed by atoms with Gasteiger partial charge in [-0.1, -0.05) is 19.8 Å². The van der Waals surface area contributed by atoms with Crippen LogP contribution in [0.3, 0.4) is 0 Å². The van der Waals surface area contributed by atoms with E-state index in [4.69, 9.17) is 5.11 Å². The van der Waals surface area contributed by atoms with E-state index in [0.29, 0.717) is 10.0 Å². The smallest absolute Gasteiger partial charge is 0.336 e. The van der Waals surface area contributed by atoms with Gasteiger partial charge in [0.05, 0.1) is 5.56 Å². The topological polar surface area (TPSA) is 49.3 Å². The van der Waals surface area contributed by atoms with E-state index in [0.717, 1.165) is 24.1 Å². The van der Waals surface area contributed by atoms with Gasteiger partial charge in [-0.3, -0.25) is 0 Å². The van der Waals surface area contributed by atoms with Crippen molar-refractivity contribution in [1.29, 1.82) is 0 Å². The van der Waals surface area contributed by atoms with Crippen molar-refractivity contribution < 1.29 is 9.90 Å². The van der Waals surface area contributed by atoms with Gasteiger partial charge in [-0.2, -0.15) is 0 Å². The highest BCUT2D eigenvalue weighted by Crippen LogP contribution is 2.29. The van der Waals surface area contributed by atoms with Crippen LogP contribution in [0.5, 0.6) is 0 Å². The van der Waals surface area contributed by atoms with E-state index in [9.17, 15) is 4.79 Å². The third-order valence-corrected chi connectivity index (χ3v) is 4.59. The Hall–Kier alpha value is -1.03. The SMILES string of the molecule is CC1CCC(CNc2ccc(C(=O)O)c(Br)c2)CC1. The molecular weight excluding hydrogens is 306 g/mol. The number of carbonyl (C=O) groups is 1. The van der Waals surface area contributed by atoms with Gasteiger partial charge in [0.1, 0.15) is 0 Å². The van der Waals surface area contributed by atoms with E-state index >= 15 is 0 Å². The quantitative estimate of drug-likeness (QED) is 0.863. The predicted octanol–water partition coefficient (Wildman–Crippen LogP) is 4.39. The molecule has 104 valence electrons. The molecule has 3 nitrogen and oxygen atoms in total. The van der Waals surface area contributed by atoms with Gasteiger partial charge in [0.15, 0.2) is 0 Å².